The molecule has 0 radical (unpaired) electrons. The van der Waals surface area contributed by atoms with Crippen molar-refractivity contribution in [2.24, 2.45) is 0 Å². The maximum atomic E-state index is 6.46. The third-order valence-electron chi connectivity index (χ3n) is 12.7. The van der Waals surface area contributed by atoms with E-state index in [-0.39, 0.29) is 0 Å². The zero-order chi connectivity index (χ0) is 41.0. The first kappa shape index (κ1) is 36.0. The van der Waals surface area contributed by atoms with Gasteiger partial charge < -0.3 is 9.32 Å². The Kier molecular flexibility index (Phi) is 8.67. The molecule has 62 heavy (non-hydrogen) atoms. The maximum absolute atomic E-state index is 6.46. The number of nitrogens with zero attached hydrogens (tertiary/aromatic N) is 1. The molecule has 0 saturated carbocycles. The molecule has 12 rings (SSSR count). The van der Waals surface area contributed by atoms with Crippen LogP contribution in [0.25, 0.3) is 93.9 Å². The molecule has 1 heterocycles. The van der Waals surface area contributed by atoms with Crippen LogP contribution in [0.15, 0.2) is 223 Å². The van der Waals surface area contributed by atoms with Crippen LogP contribution in [0.4, 0.5) is 17.1 Å². The van der Waals surface area contributed by atoms with Crippen LogP contribution in [0.2, 0.25) is 0 Å². The van der Waals surface area contributed by atoms with E-state index in [1.54, 1.807) is 0 Å². The minimum Gasteiger partial charge on any atom is -0.460 e. The molecular formula is C60H41NO. The molecule has 292 valence electrons. The first-order chi connectivity index (χ1) is 30.7. The molecule has 0 bridgehead atoms. The van der Waals surface area contributed by atoms with Crippen molar-refractivity contribution in [3.63, 3.8) is 0 Å². The summed E-state index contributed by atoms with van der Waals surface area (Å²) in [4.78, 5) is 2.44. The van der Waals surface area contributed by atoms with E-state index in [1.165, 1.54) is 60.0 Å². The molecule has 0 fully saturated rings. The van der Waals surface area contributed by atoms with Crippen LogP contribution in [0.3, 0.4) is 0 Å². The van der Waals surface area contributed by atoms with Gasteiger partial charge >= 0.3 is 0 Å². The van der Waals surface area contributed by atoms with Crippen molar-refractivity contribution in [2.75, 3.05) is 4.90 Å². The Hall–Kier alpha value is -7.94. The Morgan fingerprint density at radius 2 is 1.03 bits per heavy atom. The lowest BCUT2D eigenvalue weighted by molar-refractivity contribution is 0.546. The Morgan fingerprint density at radius 1 is 0.371 bits per heavy atom. The summed E-state index contributed by atoms with van der Waals surface area (Å²) in [6.45, 7) is 0. The van der Waals surface area contributed by atoms with Gasteiger partial charge in [-0.1, -0.05) is 176 Å². The van der Waals surface area contributed by atoms with Gasteiger partial charge in [0.05, 0.1) is 5.69 Å². The third-order valence-corrected chi connectivity index (χ3v) is 12.7. The minimum absolute atomic E-state index is 0.937. The molecule has 0 atom stereocenters. The van der Waals surface area contributed by atoms with Gasteiger partial charge in [-0.05, 0) is 126 Å². The highest BCUT2D eigenvalue weighted by Crippen LogP contribution is 2.46. The van der Waals surface area contributed by atoms with E-state index >= 15 is 0 Å². The minimum atomic E-state index is 0.937. The molecule has 0 saturated heterocycles. The van der Waals surface area contributed by atoms with E-state index in [0.29, 0.717) is 0 Å². The predicted octanol–water partition coefficient (Wildman–Crippen LogP) is 17.0. The SMILES string of the molecule is C1=Cc2c(oc3cc(-c4cccc(N(c5ccc(-c6cc7ccccc7c7ccccc67)cc5)c5cc(-c6cccc7ccccc67)ccc5-c5ccccc5)c4)ccc23)CC1. The lowest BCUT2D eigenvalue weighted by atomic mass is 9.92. The molecule has 10 aromatic carbocycles. The quantitative estimate of drug-likeness (QED) is 0.150. The van der Waals surface area contributed by atoms with Crippen molar-refractivity contribution in [2.45, 2.75) is 12.8 Å². The molecule has 2 nitrogen and oxygen atoms in total. The predicted molar refractivity (Wildman–Crippen MR) is 263 cm³/mol. The summed E-state index contributed by atoms with van der Waals surface area (Å²) in [6, 6.07) is 77.7. The van der Waals surface area contributed by atoms with E-state index in [1.807, 2.05) is 0 Å². The van der Waals surface area contributed by atoms with Gasteiger partial charge in [0.1, 0.15) is 11.3 Å². The number of fused-ring (bicyclic) bond motifs is 7. The molecule has 1 aliphatic carbocycles. The van der Waals surface area contributed by atoms with Gasteiger partial charge in [0.2, 0.25) is 0 Å². The second-order valence-electron chi connectivity index (χ2n) is 16.3. The fourth-order valence-electron chi connectivity index (χ4n) is 9.69. The summed E-state index contributed by atoms with van der Waals surface area (Å²) in [7, 11) is 0. The van der Waals surface area contributed by atoms with E-state index in [9.17, 15) is 0 Å². The second-order valence-corrected chi connectivity index (χ2v) is 16.3. The van der Waals surface area contributed by atoms with E-state index in [4.69, 9.17) is 4.42 Å². The van der Waals surface area contributed by atoms with Crippen molar-refractivity contribution in [1.82, 2.24) is 0 Å². The lowest BCUT2D eigenvalue weighted by Gasteiger charge is -2.29. The Labute approximate surface area is 361 Å². The topological polar surface area (TPSA) is 16.4 Å². The summed E-state index contributed by atoms with van der Waals surface area (Å²) in [6.07, 6.45) is 6.42. The van der Waals surface area contributed by atoms with Gasteiger partial charge in [0.25, 0.3) is 0 Å². The summed E-state index contributed by atoms with van der Waals surface area (Å²) < 4.78 is 6.46. The van der Waals surface area contributed by atoms with Crippen LogP contribution in [-0.4, -0.2) is 0 Å². The molecular weight excluding hydrogens is 751 g/mol. The fraction of sp³-hybridized carbons (Fsp3) is 0.0333. The molecule has 1 aromatic heterocycles. The lowest BCUT2D eigenvalue weighted by Crippen LogP contribution is -2.11. The summed E-state index contributed by atoms with van der Waals surface area (Å²) in [5, 5.41) is 8.68. The number of anilines is 3. The van der Waals surface area contributed by atoms with Crippen molar-refractivity contribution in [3.8, 4) is 44.5 Å². The van der Waals surface area contributed by atoms with Gasteiger partial charge in [0, 0.05) is 34.3 Å². The standard InChI is InChI=1S/C60H41NO/c1-2-14-41(15-3-1)52-34-31-46(50-26-13-18-40-16-4-6-21-49(40)50)38-58(52)61(48-20-12-19-43(36-48)44-30-35-56-55-25-10-11-27-59(55)62-60(56)39-44)47-32-28-42(29-33-47)57-37-45-17-5-7-22-51(45)53-23-8-9-24-54(53)57/h1-10,12-26,28-39H,11,27H2. The van der Waals surface area contributed by atoms with Crippen molar-refractivity contribution >= 4 is 66.4 Å². The van der Waals surface area contributed by atoms with E-state index in [0.717, 1.165) is 69.1 Å². The van der Waals surface area contributed by atoms with E-state index in [2.05, 4.69) is 229 Å². The van der Waals surface area contributed by atoms with Crippen LogP contribution in [0.5, 0.6) is 0 Å². The van der Waals surface area contributed by atoms with Crippen molar-refractivity contribution in [3.05, 3.63) is 230 Å². The van der Waals surface area contributed by atoms with Crippen LogP contribution in [-0.2, 0) is 6.42 Å². The first-order valence-corrected chi connectivity index (χ1v) is 21.5. The monoisotopic (exact) mass is 791 g/mol. The highest BCUT2D eigenvalue weighted by atomic mass is 16.3. The van der Waals surface area contributed by atoms with Gasteiger partial charge in [-0.25, -0.2) is 0 Å². The van der Waals surface area contributed by atoms with Crippen LogP contribution < -0.4 is 4.90 Å². The van der Waals surface area contributed by atoms with Crippen molar-refractivity contribution < 1.29 is 4.42 Å². The molecule has 1 aliphatic rings. The number of benzene rings is 10. The number of aryl methyl sites for hydroxylation is 1. The smallest absolute Gasteiger partial charge is 0.135 e. The normalized spacial score (nSPS) is 12.3. The molecule has 0 amide bonds. The highest BCUT2D eigenvalue weighted by molar-refractivity contribution is 6.14. The summed E-state index contributed by atoms with van der Waals surface area (Å²) >= 11 is 0. The summed E-state index contributed by atoms with van der Waals surface area (Å²) in [5.74, 6) is 1.08. The molecule has 2 heteroatoms. The fourth-order valence-corrected chi connectivity index (χ4v) is 9.69. The molecule has 11 aromatic rings. The summed E-state index contributed by atoms with van der Waals surface area (Å²) in [5.41, 5.74) is 14.8. The zero-order valence-electron chi connectivity index (χ0n) is 34.1. The van der Waals surface area contributed by atoms with E-state index < -0.39 is 0 Å². The van der Waals surface area contributed by atoms with Gasteiger partial charge in [-0.2, -0.15) is 0 Å². The maximum Gasteiger partial charge on any atom is 0.135 e. The van der Waals surface area contributed by atoms with Crippen molar-refractivity contribution in [1.29, 1.82) is 0 Å². The number of allylic oxidation sites excluding steroid dienone is 1. The van der Waals surface area contributed by atoms with Crippen LogP contribution in [0.1, 0.15) is 17.7 Å². The number of rotatable bonds is 7. The number of hydrogen-bond acceptors (Lipinski definition) is 2. The van der Waals surface area contributed by atoms with Gasteiger partial charge in [-0.15, -0.1) is 0 Å². The molecule has 0 N–H and O–H groups in total. The molecule has 0 aliphatic heterocycles. The van der Waals surface area contributed by atoms with Gasteiger partial charge in [-0.3, -0.25) is 0 Å². The van der Waals surface area contributed by atoms with Gasteiger partial charge in [0.15, 0.2) is 0 Å². The average Bonchev–Trinajstić information content (AvgIpc) is 3.72. The number of hydrogen-bond donors (Lipinski definition) is 0. The third kappa shape index (κ3) is 6.19. The Bertz CT molecular complexity index is 3510. The molecule has 0 unspecified atom stereocenters. The largest absolute Gasteiger partial charge is 0.460 e. The first-order valence-electron chi connectivity index (χ1n) is 21.5. The Balaban J connectivity index is 1.06. The van der Waals surface area contributed by atoms with Crippen LogP contribution in [0, 0.1) is 0 Å². The number of furan rings is 1. The highest BCUT2D eigenvalue weighted by Gasteiger charge is 2.21. The second kappa shape index (κ2) is 15.0. The zero-order valence-corrected chi connectivity index (χ0v) is 34.1. The van der Waals surface area contributed by atoms with Crippen LogP contribution >= 0.6 is 0 Å². The average molecular weight is 792 g/mol. The Morgan fingerprint density at radius 3 is 1.90 bits per heavy atom. The molecule has 0 spiro atoms.